The van der Waals surface area contributed by atoms with Crippen LogP contribution < -0.4 is 4.72 Å². The Bertz CT molecular complexity index is 807. The number of rotatable bonds is 5. The van der Waals surface area contributed by atoms with E-state index in [0.29, 0.717) is 6.42 Å². The van der Waals surface area contributed by atoms with Gasteiger partial charge in [0.05, 0.1) is 22.9 Å². The molecule has 1 aliphatic rings. The monoisotopic (exact) mass is 380 g/mol. The Balaban J connectivity index is 1.98. The fourth-order valence-corrected chi connectivity index (χ4v) is 5.33. The van der Waals surface area contributed by atoms with Gasteiger partial charge in [0.25, 0.3) is 0 Å². The highest BCUT2D eigenvalue weighted by atomic mass is 35.5. The molecule has 1 saturated heterocycles. The average Bonchev–Trinajstić information content (AvgIpc) is 2.84. The molecule has 23 heavy (non-hydrogen) atoms. The van der Waals surface area contributed by atoms with Crippen LogP contribution in [0.5, 0.6) is 0 Å². The van der Waals surface area contributed by atoms with Gasteiger partial charge < -0.3 is 4.90 Å². The van der Waals surface area contributed by atoms with Gasteiger partial charge in [-0.1, -0.05) is 17.7 Å². The van der Waals surface area contributed by atoms with Crippen molar-refractivity contribution in [2.24, 2.45) is 0 Å². The van der Waals surface area contributed by atoms with E-state index < -0.39 is 38.4 Å². The molecular weight excluding hydrogens is 364 g/mol. The van der Waals surface area contributed by atoms with Crippen molar-refractivity contribution in [3.8, 4) is 0 Å². The third-order valence-corrected chi connectivity index (χ3v) is 7.05. The summed E-state index contributed by atoms with van der Waals surface area (Å²) in [7, 11) is -5.50. The highest BCUT2D eigenvalue weighted by Crippen LogP contribution is 2.17. The first kappa shape index (κ1) is 18.2. The number of hydrogen-bond acceptors (Lipinski definition) is 5. The smallest absolute Gasteiger partial charge is 0.241 e. The average molecular weight is 381 g/mol. The molecule has 1 heterocycles. The van der Waals surface area contributed by atoms with Crippen molar-refractivity contribution in [1.29, 1.82) is 0 Å². The second-order valence-electron chi connectivity index (χ2n) is 5.34. The van der Waals surface area contributed by atoms with Gasteiger partial charge in [-0.05, 0) is 24.6 Å². The van der Waals surface area contributed by atoms with E-state index in [-0.39, 0.29) is 21.4 Å². The molecule has 7 nitrogen and oxygen atoms in total. The zero-order valence-electron chi connectivity index (χ0n) is 12.4. The Morgan fingerprint density at radius 1 is 1.43 bits per heavy atom. The summed E-state index contributed by atoms with van der Waals surface area (Å²) in [5, 5.41) is 0.271. The zero-order chi connectivity index (χ0) is 17.3. The summed E-state index contributed by atoms with van der Waals surface area (Å²) < 4.78 is 49.3. The van der Waals surface area contributed by atoms with Crippen LogP contribution in [0.1, 0.15) is 6.42 Å². The van der Waals surface area contributed by atoms with Gasteiger partial charge in [-0.15, -0.1) is 0 Å². The number of sulfone groups is 1. The first-order chi connectivity index (χ1) is 10.6. The summed E-state index contributed by atoms with van der Waals surface area (Å²) in [6, 6.07) is 5.27. The fourth-order valence-electron chi connectivity index (χ4n) is 2.28. The van der Waals surface area contributed by atoms with Gasteiger partial charge in [0.1, 0.15) is 0 Å². The SMILES string of the molecule is CN(C(=O)CNS(=O)(=O)c1cccc(Cl)c1)C1CCS(=O)(=O)C1. The first-order valence-electron chi connectivity index (χ1n) is 6.82. The number of likely N-dealkylation sites (N-methyl/N-ethyl adjacent to an activating group) is 1. The third kappa shape index (κ3) is 4.66. The molecule has 1 fully saturated rings. The van der Waals surface area contributed by atoms with Gasteiger partial charge in [-0.25, -0.2) is 21.6 Å². The van der Waals surface area contributed by atoms with Gasteiger partial charge in [0.15, 0.2) is 9.84 Å². The summed E-state index contributed by atoms with van der Waals surface area (Å²) >= 11 is 5.75. The molecule has 0 bridgehead atoms. The largest absolute Gasteiger partial charge is 0.341 e. The van der Waals surface area contributed by atoms with Crippen LogP contribution in [0.3, 0.4) is 0 Å². The first-order valence-corrected chi connectivity index (χ1v) is 10.5. The molecule has 0 aromatic heterocycles. The van der Waals surface area contributed by atoms with Crippen molar-refractivity contribution in [2.75, 3.05) is 25.1 Å². The molecule has 0 aliphatic carbocycles. The zero-order valence-corrected chi connectivity index (χ0v) is 14.8. The molecule has 10 heteroatoms. The predicted octanol–water partition coefficient (Wildman–Crippen LogP) is 0.264. The highest BCUT2D eigenvalue weighted by molar-refractivity contribution is 7.91. The molecule has 2 rings (SSSR count). The molecule has 1 amide bonds. The van der Waals surface area contributed by atoms with Crippen LogP contribution in [-0.2, 0) is 24.7 Å². The van der Waals surface area contributed by atoms with Crippen molar-refractivity contribution < 1.29 is 21.6 Å². The third-order valence-electron chi connectivity index (χ3n) is 3.67. The van der Waals surface area contributed by atoms with Crippen molar-refractivity contribution in [1.82, 2.24) is 9.62 Å². The Kier molecular flexibility index (Phi) is 5.34. The lowest BCUT2D eigenvalue weighted by atomic mass is 10.2. The lowest BCUT2D eigenvalue weighted by Crippen LogP contribution is -2.43. The van der Waals surface area contributed by atoms with Crippen LogP contribution in [0.25, 0.3) is 0 Å². The lowest BCUT2D eigenvalue weighted by Gasteiger charge is -2.23. The van der Waals surface area contributed by atoms with Gasteiger partial charge in [0.2, 0.25) is 15.9 Å². The van der Waals surface area contributed by atoms with E-state index in [1.807, 2.05) is 0 Å². The number of halogens is 1. The van der Waals surface area contributed by atoms with Crippen LogP contribution >= 0.6 is 11.6 Å². The quantitative estimate of drug-likeness (QED) is 0.789. The van der Waals surface area contributed by atoms with E-state index in [2.05, 4.69) is 4.72 Å². The Morgan fingerprint density at radius 2 is 2.13 bits per heavy atom. The summed E-state index contributed by atoms with van der Waals surface area (Å²) in [5.74, 6) is -0.530. The van der Waals surface area contributed by atoms with Gasteiger partial charge >= 0.3 is 0 Å². The maximum absolute atomic E-state index is 12.1. The van der Waals surface area contributed by atoms with Crippen molar-refractivity contribution in [3.05, 3.63) is 29.3 Å². The molecule has 1 aromatic carbocycles. The molecule has 0 spiro atoms. The minimum Gasteiger partial charge on any atom is -0.341 e. The highest BCUT2D eigenvalue weighted by Gasteiger charge is 2.32. The maximum Gasteiger partial charge on any atom is 0.241 e. The molecule has 1 aliphatic heterocycles. The molecule has 128 valence electrons. The summed E-state index contributed by atoms with van der Waals surface area (Å²) in [6.45, 7) is -0.443. The molecule has 1 unspecified atom stereocenters. The van der Waals surface area contributed by atoms with E-state index in [9.17, 15) is 21.6 Å². The lowest BCUT2D eigenvalue weighted by molar-refractivity contribution is -0.130. The maximum atomic E-state index is 12.1. The number of sulfonamides is 1. The van der Waals surface area contributed by atoms with Crippen LogP contribution in [-0.4, -0.2) is 58.8 Å². The minimum absolute atomic E-state index is 0.0381. The van der Waals surface area contributed by atoms with Crippen molar-refractivity contribution in [3.63, 3.8) is 0 Å². The number of amides is 1. The summed E-state index contributed by atoms with van der Waals surface area (Å²) in [4.78, 5) is 13.3. The molecule has 0 radical (unpaired) electrons. The number of carbonyl (C=O) groups excluding carboxylic acids is 1. The van der Waals surface area contributed by atoms with Gasteiger partial charge in [0, 0.05) is 18.1 Å². The Labute approximate surface area is 140 Å². The summed E-state index contributed by atoms with van der Waals surface area (Å²) in [5.41, 5.74) is 0. The predicted molar refractivity (Wildman–Crippen MR) is 86.5 cm³/mol. The van der Waals surface area contributed by atoms with Crippen LogP contribution in [0, 0.1) is 0 Å². The van der Waals surface area contributed by atoms with Gasteiger partial charge in [-0.3, -0.25) is 4.79 Å². The van der Waals surface area contributed by atoms with E-state index in [0.717, 1.165) is 0 Å². The topological polar surface area (TPSA) is 101 Å². The molecule has 0 saturated carbocycles. The number of nitrogens with one attached hydrogen (secondary N) is 1. The summed E-state index contributed by atoms with van der Waals surface area (Å²) in [6.07, 6.45) is 0.367. The van der Waals surface area contributed by atoms with E-state index in [1.54, 1.807) is 6.07 Å². The van der Waals surface area contributed by atoms with Crippen molar-refractivity contribution in [2.45, 2.75) is 17.4 Å². The fraction of sp³-hybridized carbons (Fsp3) is 0.462. The second kappa shape index (κ2) is 6.76. The normalized spacial score (nSPS) is 20.3. The van der Waals surface area contributed by atoms with Crippen LogP contribution in [0.2, 0.25) is 5.02 Å². The molecule has 1 N–H and O–H groups in total. The second-order valence-corrected chi connectivity index (χ2v) is 9.78. The van der Waals surface area contributed by atoms with E-state index in [1.165, 1.54) is 30.1 Å². The van der Waals surface area contributed by atoms with E-state index >= 15 is 0 Å². The Morgan fingerprint density at radius 3 is 2.70 bits per heavy atom. The van der Waals surface area contributed by atoms with E-state index in [4.69, 9.17) is 11.6 Å². The van der Waals surface area contributed by atoms with Crippen LogP contribution in [0.4, 0.5) is 0 Å². The van der Waals surface area contributed by atoms with Gasteiger partial charge in [-0.2, -0.15) is 0 Å². The van der Waals surface area contributed by atoms with Crippen LogP contribution in [0.15, 0.2) is 29.2 Å². The molecular formula is C13H17ClN2O5S2. The van der Waals surface area contributed by atoms with Crippen molar-refractivity contribution >= 4 is 37.4 Å². The molecule has 1 aromatic rings. The number of hydrogen-bond donors (Lipinski definition) is 1. The molecule has 1 atom stereocenters. The number of carbonyl (C=O) groups is 1. The number of benzene rings is 1. The Hall–Kier alpha value is -1.16. The number of nitrogens with zero attached hydrogens (tertiary/aromatic N) is 1. The standard InChI is InChI=1S/C13H17ClN2O5S2/c1-16(11-5-6-22(18,19)9-11)13(17)8-15-23(20,21)12-4-2-3-10(14)7-12/h2-4,7,11,15H,5-6,8-9H2,1H3. The minimum atomic E-state index is -3.86.